The van der Waals surface area contributed by atoms with Gasteiger partial charge in [-0.25, -0.2) is 0 Å². The van der Waals surface area contributed by atoms with Crippen LogP contribution in [0.1, 0.15) is 11.6 Å². The zero-order valence-corrected chi connectivity index (χ0v) is 18.1. The number of nitrogens with zero attached hydrogens (tertiary/aromatic N) is 3. The van der Waals surface area contributed by atoms with E-state index in [0.717, 1.165) is 16.5 Å². The molecule has 8 nitrogen and oxygen atoms in total. The molecule has 0 radical (unpaired) electrons. The van der Waals surface area contributed by atoms with E-state index < -0.39 is 0 Å². The monoisotopic (exact) mass is 530 g/mol. The van der Waals surface area contributed by atoms with Crippen LogP contribution in [0.15, 0.2) is 42.6 Å². The number of fused-ring (bicyclic) bond motifs is 1. The fourth-order valence-corrected chi connectivity index (χ4v) is 3.82. The van der Waals surface area contributed by atoms with E-state index in [1.54, 1.807) is 19.4 Å². The Morgan fingerprint density at radius 3 is 2.88 bits per heavy atom. The van der Waals surface area contributed by atoms with Crippen LogP contribution in [0.2, 0.25) is 0 Å². The maximum atomic E-state index is 12.3. The fourth-order valence-electron chi connectivity index (χ4n) is 2.51. The van der Waals surface area contributed by atoms with Crippen molar-refractivity contribution in [3.63, 3.8) is 0 Å². The molecule has 3 rings (SSSR count). The molecule has 126 valence electrons. The van der Waals surface area contributed by atoms with E-state index in [4.69, 9.17) is 10.5 Å². The minimum atomic E-state index is -0.354. The first kappa shape index (κ1) is 17.6. The van der Waals surface area contributed by atoms with Crippen molar-refractivity contribution in [3.05, 3.63) is 48.2 Å². The molecule has 0 bridgehead atoms. The average Bonchev–Trinajstić information content (AvgIpc) is 2.89. The summed E-state index contributed by atoms with van der Waals surface area (Å²) in [4.78, 5) is 16.6. The number of amides is 2. The average molecular weight is 530 g/mol. The number of ether oxygens (including phenoxy) is 1. The van der Waals surface area contributed by atoms with Crippen LogP contribution < -0.4 is 16.4 Å². The van der Waals surface area contributed by atoms with Crippen LogP contribution in [-0.4, -0.2) is 58.4 Å². The molecule has 9 heteroatoms. The van der Waals surface area contributed by atoms with Crippen molar-refractivity contribution >= 4 is 54.6 Å². The van der Waals surface area contributed by atoms with Crippen LogP contribution in [0.3, 0.4) is 0 Å². The Hall–Kier alpha value is -2.21. The number of rotatable bonds is 5. The first-order valence-corrected chi connectivity index (χ1v) is 9.60. The first-order valence-electron chi connectivity index (χ1n) is 7.59. The molecule has 0 fully saturated rings. The Morgan fingerprint density at radius 1 is 1.40 bits per heavy atom. The van der Waals surface area contributed by atoms with Crippen LogP contribution in [0.25, 0.3) is 10.9 Å². The summed E-state index contributed by atoms with van der Waals surface area (Å²) in [5.74, 6) is 0.890. The Bertz CT molecular complexity index is 883. The van der Waals surface area contributed by atoms with Crippen LogP contribution in [0, 0.1) is 0 Å². The number of benzene rings is 1. The summed E-state index contributed by atoms with van der Waals surface area (Å²) in [6.07, 6.45) is 1.62. The topological polar surface area (TPSA) is 107 Å². The molecule has 0 saturated carbocycles. The van der Waals surface area contributed by atoms with Gasteiger partial charge in [0.2, 0.25) is 0 Å². The number of carbonyl (C=O) groups is 1. The molecule has 1 aromatic carbocycles. The SMILES string of the molecule is COC[C@@H](NC(=O)Nc1cc2c(cn1)c(N)n[n]2[Tl])c1ccccc1. The van der Waals surface area contributed by atoms with Crippen LogP contribution in [0.5, 0.6) is 0 Å². The van der Waals surface area contributed by atoms with Crippen LogP contribution in [-0.2, 0) is 4.74 Å². The molecule has 2 heterocycles. The van der Waals surface area contributed by atoms with Crippen LogP contribution in [0.4, 0.5) is 16.4 Å². The third kappa shape index (κ3) is 4.07. The Kier molecular flexibility index (Phi) is 5.48. The summed E-state index contributed by atoms with van der Waals surface area (Å²) in [6, 6.07) is 10.8. The summed E-state index contributed by atoms with van der Waals surface area (Å²) in [6.45, 7) is 0.370. The number of urea groups is 1. The zero-order valence-electron chi connectivity index (χ0n) is 13.6. The van der Waals surface area contributed by atoms with Gasteiger partial charge in [-0.2, -0.15) is 0 Å². The number of nitrogens with two attached hydrogens (primary N) is 1. The normalized spacial score (nSPS) is 12.0. The summed E-state index contributed by atoms with van der Waals surface area (Å²) >= 11 is 0.470. The molecule has 0 unspecified atom stereocenters. The third-order valence-electron chi connectivity index (χ3n) is 3.70. The van der Waals surface area contributed by atoms with E-state index >= 15 is 0 Å². The number of hydrogen-bond acceptors (Lipinski definition) is 5. The van der Waals surface area contributed by atoms with Gasteiger partial charge >= 0.3 is 161 Å². The summed E-state index contributed by atoms with van der Waals surface area (Å²) in [7, 11) is 1.60. The summed E-state index contributed by atoms with van der Waals surface area (Å²) in [5, 5.41) is 10.6. The second kappa shape index (κ2) is 7.78. The van der Waals surface area contributed by atoms with Gasteiger partial charge in [0.1, 0.15) is 0 Å². The van der Waals surface area contributed by atoms with E-state index in [9.17, 15) is 4.79 Å². The van der Waals surface area contributed by atoms with Gasteiger partial charge in [-0.05, 0) is 0 Å². The first-order chi connectivity index (χ1) is 12.1. The number of anilines is 2. The summed E-state index contributed by atoms with van der Waals surface area (Å²) in [5.41, 5.74) is 7.67. The van der Waals surface area contributed by atoms with Crippen molar-refractivity contribution in [3.8, 4) is 0 Å². The second-order valence-electron chi connectivity index (χ2n) is 5.43. The Balaban J connectivity index is 1.74. The van der Waals surface area contributed by atoms with E-state index in [2.05, 4.69) is 20.7 Å². The minimum absolute atomic E-state index is 0.254. The van der Waals surface area contributed by atoms with E-state index in [0.29, 0.717) is 44.3 Å². The van der Waals surface area contributed by atoms with Gasteiger partial charge in [-0.15, -0.1) is 0 Å². The molecule has 25 heavy (non-hydrogen) atoms. The van der Waals surface area contributed by atoms with Crippen LogP contribution >= 0.6 is 0 Å². The molecule has 2 aromatic heterocycles. The van der Waals surface area contributed by atoms with Gasteiger partial charge < -0.3 is 0 Å². The number of nitrogen functional groups attached to an aromatic ring is 1. The van der Waals surface area contributed by atoms with Gasteiger partial charge in [-0.3, -0.25) is 0 Å². The number of methoxy groups -OCH3 is 1. The number of aromatic nitrogens is 3. The number of pyridine rings is 1. The molecule has 3 aromatic rings. The number of hydrogen-bond donors (Lipinski definition) is 3. The Morgan fingerprint density at radius 2 is 2.16 bits per heavy atom. The van der Waals surface area contributed by atoms with Gasteiger partial charge in [0, 0.05) is 0 Å². The number of carbonyl (C=O) groups excluding carboxylic acids is 1. The molecule has 0 aliphatic heterocycles. The molecular formula is C16H17N6O2Tl. The van der Waals surface area contributed by atoms with Crippen molar-refractivity contribution in [1.82, 2.24) is 17.9 Å². The zero-order chi connectivity index (χ0) is 17.8. The Labute approximate surface area is 160 Å². The standard InChI is InChI=1S/C16H18N6O2.Tl/c1-24-9-13(10-5-3-2-4-6-10)19-16(23)20-14-7-12-11(8-18-14)15(17)22-21-12;/h2-8,13H,9H2,1H3,(H5,17,18,19,20,21,22,23);/q;+1/p-1/t13-;/m1./s1. The molecule has 0 aliphatic rings. The quantitative estimate of drug-likeness (QED) is 0.434. The van der Waals surface area contributed by atoms with Crippen molar-refractivity contribution in [2.75, 3.05) is 24.8 Å². The second-order valence-corrected chi connectivity index (χ2v) is 7.34. The van der Waals surface area contributed by atoms with Gasteiger partial charge in [0.25, 0.3) is 0 Å². The summed E-state index contributed by atoms with van der Waals surface area (Å²) < 4.78 is 7.02. The van der Waals surface area contributed by atoms with Gasteiger partial charge in [-0.1, -0.05) is 0 Å². The molecule has 2 amide bonds. The molecule has 0 aliphatic carbocycles. The van der Waals surface area contributed by atoms with Crippen molar-refractivity contribution in [2.45, 2.75) is 6.04 Å². The maximum absolute atomic E-state index is 12.3. The van der Waals surface area contributed by atoms with E-state index in [-0.39, 0.29) is 12.1 Å². The molecular weight excluding hydrogens is 513 g/mol. The molecule has 4 N–H and O–H groups in total. The predicted molar refractivity (Wildman–Crippen MR) is 96.3 cm³/mol. The van der Waals surface area contributed by atoms with Crippen molar-refractivity contribution in [1.29, 1.82) is 0 Å². The van der Waals surface area contributed by atoms with Gasteiger partial charge in [0.05, 0.1) is 0 Å². The van der Waals surface area contributed by atoms with E-state index in [1.807, 2.05) is 32.8 Å². The molecule has 1 atom stereocenters. The fraction of sp³-hybridized carbons (Fsp3) is 0.188. The third-order valence-corrected chi connectivity index (χ3v) is 5.23. The predicted octanol–water partition coefficient (Wildman–Crippen LogP) is 1.45. The van der Waals surface area contributed by atoms with E-state index in [1.165, 1.54) is 0 Å². The van der Waals surface area contributed by atoms with Crippen molar-refractivity contribution in [2.24, 2.45) is 0 Å². The molecule has 0 saturated heterocycles. The number of nitrogens with one attached hydrogen (secondary N) is 2. The van der Waals surface area contributed by atoms with Gasteiger partial charge in [0.15, 0.2) is 0 Å². The molecule has 0 spiro atoms. The van der Waals surface area contributed by atoms with Crippen molar-refractivity contribution < 1.29 is 9.53 Å².